The highest BCUT2D eigenvalue weighted by Crippen LogP contribution is 2.18. The first-order valence-corrected chi connectivity index (χ1v) is 7.84. The third kappa shape index (κ3) is 2.90. The number of nitrogens with zero attached hydrogens (tertiary/aromatic N) is 2. The number of pyridine rings is 2. The van der Waals surface area contributed by atoms with Crippen LogP contribution in [0.1, 0.15) is 17.3 Å². The molecule has 0 aliphatic carbocycles. The Morgan fingerprint density at radius 3 is 2.70 bits per heavy atom. The molecule has 5 nitrogen and oxygen atoms in total. The Bertz CT molecular complexity index is 933. The quantitative estimate of drug-likeness (QED) is 0.661. The number of carbonyl (C=O) groups excluding carboxylic acids is 1. The smallest absolute Gasteiger partial charge is 0.343 e. The number of hydrogen-bond acceptors (Lipinski definition) is 4. The van der Waals surface area contributed by atoms with Gasteiger partial charge in [-0.05, 0) is 43.3 Å². The predicted molar refractivity (Wildman–Crippen MR) is 91.0 cm³/mol. The van der Waals surface area contributed by atoms with Crippen molar-refractivity contribution in [2.24, 2.45) is 0 Å². The Kier molecular flexibility index (Phi) is 4.25. The second kappa shape index (κ2) is 6.34. The Hall–Kier alpha value is -2.47. The minimum Gasteiger partial charge on any atom is -0.462 e. The van der Waals surface area contributed by atoms with E-state index in [4.69, 9.17) is 4.74 Å². The molecule has 6 heteroatoms. The van der Waals surface area contributed by atoms with Crippen molar-refractivity contribution in [2.45, 2.75) is 6.92 Å². The van der Waals surface area contributed by atoms with E-state index in [1.54, 1.807) is 29.8 Å². The van der Waals surface area contributed by atoms with E-state index in [1.165, 1.54) is 6.20 Å². The summed E-state index contributed by atoms with van der Waals surface area (Å²) in [5, 5.41) is 0.376. The number of ether oxygens (including phenoxy) is 1. The molecule has 116 valence electrons. The predicted octanol–water partition coefficient (Wildman–Crippen LogP) is 3.32. The van der Waals surface area contributed by atoms with Crippen LogP contribution in [0.5, 0.6) is 0 Å². The molecule has 23 heavy (non-hydrogen) atoms. The first kappa shape index (κ1) is 15.4. The minimum absolute atomic E-state index is 0.00438. The van der Waals surface area contributed by atoms with Gasteiger partial charge in [0.1, 0.15) is 11.2 Å². The fraction of sp³-hybridized carbons (Fsp3) is 0.118. The highest BCUT2D eigenvalue weighted by molar-refractivity contribution is 9.10. The van der Waals surface area contributed by atoms with Crippen LogP contribution >= 0.6 is 15.9 Å². The zero-order chi connectivity index (χ0) is 16.4. The molecule has 0 fully saturated rings. The van der Waals surface area contributed by atoms with Crippen LogP contribution in [0.3, 0.4) is 0 Å². The molecule has 0 aliphatic heterocycles. The summed E-state index contributed by atoms with van der Waals surface area (Å²) in [5.74, 6) is -0.630. The molecule has 0 spiro atoms. The molecule has 3 aromatic rings. The maximum atomic E-state index is 12.5. The van der Waals surface area contributed by atoms with Crippen molar-refractivity contribution in [1.29, 1.82) is 0 Å². The molecule has 0 aliphatic rings. The number of hydrogen-bond donors (Lipinski definition) is 0. The van der Waals surface area contributed by atoms with Gasteiger partial charge in [0.15, 0.2) is 0 Å². The van der Waals surface area contributed by atoms with Gasteiger partial charge in [0, 0.05) is 22.6 Å². The molecule has 0 amide bonds. The van der Waals surface area contributed by atoms with Crippen molar-refractivity contribution in [1.82, 2.24) is 9.55 Å². The van der Waals surface area contributed by atoms with E-state index in [0.717, 1.165) is 10.2 Å². The standard InChI is InChI=1S/C17H13BrN2O3/c1-2-23-17(22)14-10-20(12-7-5-11(18)6-8-12)16-13(15(14)21)4-3-9-19-16/h3-10H,2H2,1H3. The van der Waals surface area contributed by atoms with Crippen LogP contribution in [0.4, 0.5) is 0 Å². The Morgan fingerprint density at radius 1 is 1.26 bits per heavy atom. The highest BCUT2D eigenvalue weighted by Gasteiger charge is 2.17. The lowest BCUT2D eigenvalue weighted by Crippen LogP contribution is -2.21. The van der Waals surface area contributed by atoms with Crippen LogP contribution in [0, 0.1) is 0 Å². The first-order chi connectivity index (χ1) is 11.1. The number of halogens is 1. The van der Waals surface area contributed by atoms with E-state index in [0.29, 0.717) is 11.0 Å². The number of aromatic nitrogens is 2. The molecule has 0 unspecified atom stereocenters. The van der Waals surface area contributed by atoms with Gasteiger partial charge in [-0.25, -0.2) is 9.78 Å². The molecule has 0 saturated carbocycles. The van der Waals surface area contributed by atoms with Crippen LogP contribution in [-0.4, -0.2) is 22.1 Å². The third-order valence-corrected chi connectivity index (χ3v) is 3.89. The van der Waals surface area contributed by atoms with Crippen molar-refractivity contribution in [3.05, 3.63) is 69.1 Å². The summed E-state index contributed by atoms with van der Waals surface area (Å²) in [5.41, 5.74) is 0.908. The molecule has 2 aromatic heterocycles. The largest absolute Gasteiger partial charge is 0.462 e. The zero-order valence-corrected chi connectivity index (χ0v) is 13.9. The molecular formula is C17H13BrN2O3. The minimum atomic E-state index is -0.630. The van der Waals surface area contributed by atoms with Gasteiger partial charge in [-0.3, -0.25) is 4.79 Å². The SMILES string of the molecule is CCOC(=O)c1cn(-c2ccc(Br)cc2)c2ncccc2c1=O. The van der Waals surface area contributed by atoms with Gasteiger partial charge in [0.2, 0.25) is 5.43 Å². The van der Waals surface area contributed by atoms with E-state index >= 15 is 0 Å². The number of benzene rings is 1. The molecule has 0 saturated heterocycles. The van der Waals surface area contributed by atoms with E-state index in [1.807, 2.05) is 24.3 Å². The van der Waals surface area contributed by atoms with Crippen LogP contribution in [0.2, 0.25) is 0 Å². The number of carbonyl (C=O) groups is 1. The number of esters is 1. The van der Waals surface area contributed by atoms with Crippen LogP contribution in [0.15, 0.2) is 58.1 Å². The lowest BCUT2D eigenvalue weighted by molar-refractivity contribution is 0.0524. The topological polar surface area (TPSA) is 61.2 Å². The fourth-order valence-corrected chi connectivity index (χ4v) is 2.58. The van der Waals surface area contributed by atoms with Gasteiger partial charge in [-0.15, -0.1) is 0 Å². The molecular weight excluding hydrogens is 360 g/mol. The summed E-state index contributed by atoms with van der Waals surface area (Å²) < 4.78 is 7.64. The lowest BCUT2D eigenvalue weighted by atomic mass is 10.2. The zero-order valence-electron chi connectivity index (χ0n) is 12.3. The Morgan fingerprint density at radius 2 is 2.00 bits per heavy atom. The average Bonchev–Trinajstić information content (AvgIpc) is 2.57. The number of rotatable bonds is 3. The third-order valence-electron chi connectivity index (χ3n) is 3.36. The van der Waals surface area contributed by atoms with Crippen molar-refractivity contribution >= 4 is 32.9 Å². The van der Waals surface area contributed by atoms with Gasteiger partial charge in [0.05, 0.1) is 12.0 Å². The van der Waals surface area contributed by atoms with Crippen LogP contribution in [0.25, 0.3) is 16.7 Å². The molecule has 0 radical (unpaired) electrons. The summed E-state index contributed by atoms with van der Waals surface area (Å²) in [6.45, 7) is 1.91. The van der Waals surface area contributed by atoms with E-state index in [2.05, 4.69) is 20.9 Å². The molecule has 0 atom stereocenters. The molecule has 2 heterocycles. The van der Waals surface area contributed by atoms with Crippen LogP contribution < -0.4 is 5.43 Å². The van der Waals surface area contributed by atoms with Gasteiger partial charge in [-0.1, -0.05) is 15.9 Å². The fourth-order valence-electron chi connectivity index (χ4n) is 2.31. The summed E-state index contributed by atoms with van der Waals surface area (Å²) in [6, 6.07) is 10.8. The Labute approximate surface area is 140 Å². The summed E-state index contributed by atoms with van der Waals surface area (Å²) in [7, 11) is 0. The highest BCUT2D eigenvalue weighted by atomic mass is 79.9. The monoisotopic (exact) mass is 372 g/mol. The van der Waals surface area contributed by atoms with Crippen molar-refractivity contribution in [3.63, 3.8) is 0 Å². The molecule has 3 rings (SSSR count). The summed E-state index contributed by atoms with van der Waals surface area (Å²) >= 11 is 3.39. The summed E-state index contributed by atoms with van der Waals surface area (Å²) in [4.78, 5) is 28.9. The second-order valence-electron chi connectivity index (χ2n) is 4.81. The van der Waals surface area contributed by atoms with E-state index in [-0.39, 0.29) is 17.6 Å². The van der Waals surface area contributed by atoms with Gasteiger partial charge in [-0.2, -0.15) is 0 Å². The molecule has 0 bridgehead atoms. The molecule has 0 N–H and O–H groups in total. The van der Waals surface area contributed by atoms with Crippen LogP contribution in [-0.2, 0) is 4.74 Å². The molecule has 1 aromatic carbocycles. The van der Waals surface area contributed by atoms with Crippen molar-refractivity contribution < 1.29 is 9.53 Å². The van der Waals surface area contributed by atoms with Gasteiger partial charge >= 0.3 is 5.97 Å². The van der Waals surface area contributed by atoms with Gasteiger partial charge < -0.3 is 9.30 Å². The van der Waals surface area contributed by atoms with Gasteiger partial charge in [0.25, 0.3) is 0 Å². The summed E-state index contributed by atoms with van der Waals surface area (Å²) in [6.07, 6.45) is 3.10. The first-order valence-electron chi connectivity index (χ1n) is 7.05. The second-order valence-corrected chi connectivity index (χ2v) is 5.73. The van der Waals surface area contributed by atoms with Crippen molar-refractivity contribution in [3.8, 4) is 5.69 Å². The number of fused-ring (bicyclic) bond motifs is 1. The normalized spacial score (nSPS) is 10.7. The average molecular weight is 373 g/mol. The Balaban J connectivity index is 2.32. The lowest BCUT2D eigenvalue weighted by Gasteiger charge is -2.12. The van der Waals surface area contributed by atoms with E-state index < -0.39 is 5.97 Å². The van der Waals surface area contributed by atoms with Crippen molar-refractivity contribution in [2.75, 3.05) is 6.61 Å². The maximum Gasteiger partial charge on any atom is 0.343 e. The van der Waals surface area contributed by atoms with E-state index in [9.17, 15) is 9.59 Å². The maximum absolute atomic E-state index is 12.5.